The summed E-state index contributed by atoms with van der Waals surface area (Å²) in [4.78, 5) is 14.6. The third-order valence-electron chi connectivity index (χ3n) is 3.73. The van der Waals surface area contributed by atoms with Gasteiger partial charge in [0.1, 0.15) is 5.75 Å². The predicted octanol–water partition coefficient (Wildman–Crippen LogP) is 2.60. The first-order valence-corrected chi connectivity index (χ1v) is 7.10. The van der Waals surface area contributed by atoms with Gasteiger partial charge < -0.3 is 14.4 Å². The molecule has 1 aliphatic rings. The molecule has 20 heavy (non-hydrogen) atoms. The first-order chi connectivity index (χ1) is 9.56. The van der Waals surface area contributed by atoms with E-state index in [1.165, 1.54) is 0 Å². The van der Waals surface area contributed by atoms with E-state index in [1.54, 1.807) is 7.11 Å². The average molecular weight is 277 g/mol. The number of carbonyl (C=O) groups is 1. The van der Waals surface area contributed by atoms with Gasteiger partial charge in [0.05, 0.1) is 25.9 Å². The van der Waals surface area contributed by atoms with Crippen LogP contribution in [-0.2, 0) is 4.74 Å². The van der Waals surface area contributed by atoms with E-state index < -0.39 is 0 Å². The molecule has 1 aromatic carbocycles. The van der Waals surface area contributed by atoms with Gasteiger partial charge in [-0.3, -0.25) is 4.79 Å². The number of morpholine rings is 1. The van der Waals surface area contributed by atoms with E-state index in [2.05, 4.69) is 19.9 Å². The molecule has 1 aromatic rings. The molecule has 0 atom stereocenters. The average Bonchev–Trinajstić information content (AvgIpc) is 2.46. The normalized spacial score (nSPS) is 15.6. The van der Waals surface area contributed by atoms with Crippen molar-refractivity contribution >= 4 is 5.91 Å². The first kappa shape index (κ1) is 14.9. The fraction of sp³-hybridized carbons (Fsp3) is 0.562. The summed E-state index contributed by atoms with van der Waals surface area (Å²) in [6, 6.07) is 4.06. The first-order valence-electron chi connectivity index (χ1n) is 7.10. The van der Waals surface area contributed by atoms with Crippen LogP contribution in [0.1, 0.15) is 41.3 Å². The molecule has 1 fully saturated rings. The molecule has 0 unspecified atom stereocenters. The maximum Gasteiger partial charge on any atom is 0.258 e. The van der Waals surface area contributed by atoms with Crippen molar-refractivity contribution in [3.05, 3.63) is 28.8 Å². The van der Waals surface area contributed by atoms with Crippen molar-refractivity contribution in [1.29, 1.82) is 0 Å². The van der Waals surface area contributed by atoms with E-state index >= 15 is 0 Å². The molecule has 0 spiro atoms. The van der Waals surface area contributed by atoms with Crippen LogP contribution in [0.5, 0.6) is 5.75 Å². The highest BCUT2D eigenvalue weighted by molar-refractivity contribution is 5.99. The fourth-order valence-corrected chi connectivity index (χ4v) is 2.56. The van der Waals surface area contributed by atoms with Crippen LogP contribution in [0.2, 0.25) is 0 Å². The minimum Gasteiger partial charge on any atom is -0.496 e. The standard InChI is InChI=1S/C16H23NO3/c1-11(2)13-6-5-12(3)14(15(13)19-4)16(18)17-7-9-20-10-8-17/h5-6,11H,7-10H2,1-4H3. The number of rotatable bonds is 3. The minimum absolute atomic E-state index is 0.0464. The number of benzene rings is 1. The summed E-state index contributed by atoms with van der Waals surface area (Å²) in [5, 5.41) is 0. The third-order valence-corrected chi connectivity index (χ3v) is 3.73. The Morgan fingerprint density at radius 1 is 1.30 bits per heavy atom. The lowest BCUT2D eigenvalue weighted by Gasteiger charge is -2.28. The molecule has 0 N–H and O–H groups in total. The Bertz CT molecular complexity index is 491. The summed E-state index contributed by atoms with van der Waals surface area (Å²) < 4.78 is 10.9. The summed E-state index contributed by atoms with van der Waals surface area (Å²) in [5.41, 5.74) is 2.73. The van der Waals surface area contributed by atoms with Crippen LogP contribution >= 0.6 is 0 Å². The molecule has 0 aliphatic carbocycles. The van der Waals surface area contributed by atoms with Gasteiger partial charge in [-0.15, -0.1) is 0 Å². The summed E-state index contributed by atoms with van der Waals surface area (Å²) in [5.74, 6) is 1.09. The van der Waals surface area contributed by atoms with Gasteiger partial charge in [-0.2, -0.15) is 0 Å². The van der Waals surface area contributed by atoms with E-state index in [0.29, 0.717) is 37.8 Å². The topological polar surface area (TPSA) is 38.8 Å². The van der Waals surface area contributed by atoms with Crippen LogP contribution in [0.3, 0.4) is 0 Å². The monoisotopic (exact) mass is 277 g/mol. The maximum atomic E-state index is 12.8. The second-order valence-electron chi connectivity index (χ2n) is 5.44. The number of methoxy groups -OCH3 is 1. The fourth-order valence-electron chi connectivity index (χ4n) is 2.56. The number of ether oxygens (including phenoxy) is 2. The number of hydrogen-bond donors (Lipinski definition) is 0. The number of aryl methyl sites for hydroxylation is 1. The van der Waals surface area contributed by atoms with Gasteiger partial charge >= 0.3 is 0 Å². The second kappa shape index (κ2) is 6.27. The van der Waals surface area contributed by atoms with E-state index in [1.807, 2.05) is 17.9 Å². The number of amides is 1. The molecular weight excluding hydrogens is 254 g/mol. The van der Waals surface area contributed by atoms with Crippen molar-refractivity contribution in [3.8, 4) is 5.75 Å². The lowest BCUT2D eigenvalue weighted by atomic mass is 9.95. The highest BCUT2D eigenvalue weighted by Gasteiger charge is 2.25. The van der Waals surface area contributed by atoms with Crippen LogP contribution in [0.25, 0.3) is 0 Å². The second-order valence-corrected chi connectivity index (χ2v) is 5.44. The minimum atomic E-state index is 0.0464. The van der Waals surface area contributed by atoms with Gasteiger partial charge in [0.15, 0.2) is 0 Å². The Morgan fingerprint density at radius 3 is 2.50 bits per heavy atom. The predicted molar refractivity (Wildman–Crippen MR) is 78.5 cm³/mol. The van der Waals surface area contributed by atoms with Gasteiger partial charge in [0.25, 0.3) is 5.91 Å². The molecule has 110 valence electrons. The summed E-state index contributed by atoms with van der Waals surface area (Å²) in [6.07, 6.45) is 0. The molecule has 4 heteroatoms. The van der Waals surface area contributed by atoms with Crippen LogP contribution < -0.4 is 4.74 Å². The SMILES string of the molecule is COc1c(C(C)C)ccc(C)c1C(=O)N1CCOCC1. The number of carbonyl (C=O) groups excluding carboxylic acids is 1. The molecule has 0 radical (unpaired) electrons. The Hall–Kier alpha value is -1.55. The van der Waals surface area contributed by atoms with Gasteiger partial charge in [-0.25, -0.2) is 0 Å². The highest BCUT2D eigenvalue weighted by Crippen LogP contribution is 2.33. The van der Waals surface area contributed by atoms with Crippen LogP contribution in [0.4, 0.5) is 0 Å². The lowest BCUT2D eigenvalue weighted by Crippen LogP contribution is -2.41. The van der Waals surface area contributed by atoms with Crippen LogP contribution in [-0.4, -0.2) is 44.2 Å². The van der Waals surface area contributed by atoms with E-state index in [-0.39, 0.29) is 5.91 Å². The summed E-state index contributed by atoms with van der Waals surface area (Å²) >= 11 is 0. The molecule has 1 amide bonds. The van der Waals surface area contributed by atoms with Crippen molar-refractivity contribution in [1.82, 2.24) is 4.90 Å². The van der Waals surface area contributed by atoms with Gasteiger partial charge in [-0.1, -0.05) is 26.0 Å². The lowest BCUT2D eigenvalue weighted by molar-refractivity contribution is 0.0300. The van der Waals surface area contributed by atoms with E-state index in [0.717, 1.165) is 16.9 Å². The Morgan fingerprint density at radius 2 is 1.95 bits per heavy atom. The van der Waals surface area contributed by atoms with Crippen molar-refractivity contribution < 1.29 is 14.3 Å². The van der Waals surface area contributed by atoms with Crippen LogP contribution in [0, 0.1) is 6.92 Å². The summed E-state index contributed by atoms with van der Waals surface area (Å²) in [6.45, 7) is 8.68. The van der Waals surface area contributed by atoms with Crippen molar-refractivity contribution in [2.45, 2.75) is 26.7 Å². The molecule has 1 aliphatic heterocycles. The molecular formula is C16H23NO3. The van der Waals surface area contributed by atoms with Crippen molar-refractivity contribution in [2.24, 2.45) is 0 Å². The third kappa shape index (κ3) is 2.80. The number of hydrogen-bond acceptors (Lipinski definition) is 3. The van der Waals surface area contributed by atoms with E-state index in [4.69, 9.17) is 9.47 Å². The Kier molecular flexibility index (Phi) is 4.65. The quantitative estimate of drug-likeness (QED) is 0.852. The van der Waals surface area contributed by atoms with Crippen molar-refractivity contribution in [2.75, 3.05) is 33.4 Å². The van der Waals surface area contributed by atoms with Gasteiger partial charge in [0.2, 0.25) is 0 Å². The van der Waals surface area contributed by atoms with Crippen molar-refractivity contribution in [3.63, 3.8) is 0 Å². The molecule has 1 heterocycles. The van der Waals surface area contributed by atoms with Gasteiger partial charge in [-0.05, 0) is 24.0 Å². The molecule has 0 aromatic heterocycles. The van der Waals surface area contributed by atoms with Crippen LogP contribution in [0.15, 0.2) is 12.1 Å². The molecule has 4 nitrogen and oxygen atoms in total. The number of nitrogens with zero attached hydrogens (tertiary/aromatic N) is 1. The summed E-state index contributed by atoms with van der Waals surface area (Å²) in [7, 11) is 1.64. The smallest absolute Gasteiger partial charge is 0.258 e. The zero-order chi connectivity index (χ0) is 14.7. The molecule has 1 saturated heterocycles. The van der Waals surface area contributed by atoms with Gasteiger partial charge in [0, 0.05) is 13.1 Å². The molecule has 0 bridgehead atoms. The highest BCUT2D eigenvalue weighted by atomic mass is 16.5. The molecule has 2 rings (SSSR count). The Labute approximate surface area is 120 Å². The maximum absolute atomic E-state index is 12.8. The zero-order valence-corrected chi connectivity index (χ0v) is 12.7. The largest absolute Gasteiger partial charge is 0.496 e. The zero-order valence-electron chi connectivity index (χ0n) is 12.7. The van der Waals surface area contributed by atoms with E-state index in [9.17, 15) is 4.79 Å². The molecule has 0 saturated carbocycles. The Balaban J connectivity index is 2.43.